The summed E-state index contributed by atoms with van der Waals surface area (Å²) >= 11 is 5.75. The molecule has 50 valence electrons. The van der Waals surface area contributed by atoms with Gasteiger partial charge in [0, 0.05) is 5.02 Å². The molecule has 0 aromatic heterocycles. The molecule has 0 fully saturated rings. The highest BCUT2D eigenvalue weighted by molar-refractivity contribution is 6.31. The molecule has 0 radical (unpaired) electrons. The second-order valence-electron chi connectivity index (χ2n) is 2.00. The molecule has 0 N–H and O–H groups in total. The van der Waals surface area contributed by atoms with Gasteiger partial charge in [-0.2, -0.15) is 0 Å². The molecule has 1 nitrogen and oxygen atoms in total. The van der Waals surface area contributed by atoms with Gasteiger partial charge in [-0.1, -0.05) is 23.7 Å². The van der Waals surface area contributed by atoms with Crippen LogP contribution in [0, 0.1) is 13.5 Å². The fourth-order valence-corrected chi connectivity index (χ4v) is 0.887. The lowest BCUT2D eigenvalue weighted by Gasteiger charge is -1.96. The van der Waals surface area contributed by atoms with Crippen LogP contribution in [0.15, 0.2) is 18.2 Å². The number of hydrogen-bond acceptors (Lipinski definition) is 0. The summed E-state index contributed by atoms with van der Waals surface area (Å²) in [6.07, 6.45) is 0. The third-order valence-electron chi connectivity index (χ3n) is 1.36. The summed E-state index contributed by atoms with van der Waals surface area (Å²) in [6, 6.07) is 5.32. The van der Waals surface area contributed by atoms with Crippen LogP contribution in [0.1, 0.15) is 5.56 Å². The summed E-state index contributed by atoms with van der Waals surface area (Å²) < 4.78 is 0. The number of halogens is 1. The average molecular weight is 152 g/mol. The van der Waals surface area contributed by atoms with Crippen molar-refractivity contribution in [2.45, 2.75) is 6.92 Å². The van der Waals surface area contributed by atoms with Crippen molar-refractivity contribution in [3.63, 3.8) is 0 Å². The van der Waals surface area contributed by atoms with Gasteiger partial charge < -0.3 is 0 Å². The van der Waals surface area contributed by atoms with E-state index < -0.39 is 0 Å². The molecular formula is C8H6ClN. The van der Waals surface area contributed by atoms with Crippen LogP contribution in [0.5, 0.6) is 0 Å². The normalized spacial score (nSPS) is 8.90. The van der Waals surface area contributed by atoms with Gasteiger partial charge >= 0.3 is 0 Å². The molecular weight excluding hydrogens is 146 g/mol. The van der Waals surface area contributed by atoms with Crippen molar-refractivity contribution in [3.8, 4) is 0 Å². The van der Waals surface area contributed by atoms with E-state index in [1.807, 2.05) is 6.92 Å². The second kappa shape index (κ2) is 2.72. The zero-order valence-electron chi connectivity index (χ0n) is 5.56. The maximum absolute atomic E-state index is 6.75. The highest BCUT2D eigenvalue weighted by Crippen LogP contribution is 2.24. The van der Waals surface area contributed by atoms with Crippen LogP contribution in [0.25, 0.3) is 4.85 Å². The molecule has 2 heteroatoms. The van der Waals surface area contributed by atoms with E-state index in [1.54, 1.807) is 18.2 Å². The van der Waals surface area contributed by atoms with Crippen molar-refractivity contribution >= 4 is 17.3 Å². The van der Waals surface area contributed by atoms with Crippen molar-refractivity contribution in [2.24, 2.45) is 0 Å². The average Bonchev–Trinajstić information content (AvgIpc) is 1.95. The minimum Gasteiger partial charge on any atom is -0.238 e. The maximum Gasteiger partial charge on any atom is 0.191 e. The van der Waals surface area contributed by atoms with E-state index in [2.05, 4.69) is 4.85 Å². The van der Waals surface area contributed by atoms with Gasteiger partial charge in [0.15, 0.2) is 5.69 Å². The molecule has 0 bridgehead atoms. The van der Waals surface area contributed by atoms with Gasteiger partial charge in [-0.25, -0.2) is 4.85 Å². The lowest BCUT2D eigenvalue weighted by Crippen LogP contribution is -1.72. The lowest BCUT2D eigenvalue weighted by atomic mass is 10.2. The number of rotatable bonds is 0. The molecule has 1 aromatic rings. The van der Waals surface area contributed by atoms with E-state index in [1.165, 1.54) is 0 Å². The number of nitrogens with zero attached hydrogens (tertiary/aromatic N) is 1. The van der Waals surface area contributed by atoms with Crippen molar-refractivity contribution in [1.29, 1.82) is 0 Å². The SMILES string of the molecule is [C-]#[N+]c1cccc(Cl)c1C. The Morgan fingerprint density at radius 2 is 2.20 bits per heavy atom. The number of benzene rings is 1. The topological polar surface area (TPSA) is 4.36 Å². The zero-order chi connectivity index (χ0) is 7.56. The van der Waals surface area contributed by atoms with Crippen LogP contribution in [0.2, 0.25) is 5.02 Å². The molecule has 0 atom stereocenters. The van der Waals surface area contributed by atoms with Crippen LogP contribution in [-0.4, -0.2) is 0 Å². The van der Waals surface area contributed by atoms with Crippen molar-refractivity contribution in [3.05, 3.63) is 40.2 Å². The summed E-state index contributed by atoms with van der Waals surface area (Å²) in [4.78, 5) is 3.30. The molecule has 0 aliphatic heterocycles. The molecule has 0 amide bonds. The van der Waals surface area contributed by atoms with Crippen LogP contribution in [0.4, 0.5) is 5.69 Å². The molecule has 1 rings (SSSR count). The van der Waals surface area contributed by atoms with E-state index in [-0.39, 0.29) is 0 Å². The zero-order valence-corrected chi connectivity index (χ0v) is 6.31. The summed E-state index contributed by atoms with van der Waals surface area (Å²) in [6.45, 7) is 8.59. The Morgan fingerprint density at radius 1 is 1.50 bits per heavy atom. The summed E-state index contributed by atoms with van der Waals surface area (Å²) in [5.41, 5.74) is 1.49. The largest absolute Gasteiger partial charge is 0.238 e. The van der Waals surface area contributed by atoms with E-state index in [4.69, 9.17) is 18.2 Å². The summed E-state index contributed by atoms with van der Waals surface area (Å²) in [5, 5.41) is 0.661. The molecule has 10 heavy (non-hydrogen) atoms. The first-order valence-electron chi connectivity index (χ1n) is 2.88. The highest BCUT2D eigenvalue weighted by Gasteiger charge is 1.98. The first kappa shape index (κ1) is 7.11. The molecule has 0 heterocycles. The van der Waals surface area contributed by atoms with E-state index in [0.29, 0.717) is 10.7 Å². The standard InChI is InChI=1S/C8H6ClN/c1-6-7(9)4-3-5-8(6)10-2/h3-5H,1H3. The van der Waals surface area contributed by atoms with Gasteiger partial charge in [0.05, 0.1) is 6.57 Å². The summed E-state index contributed by atoms with van der Waals surface area (Å²) in [5.74, 6) is 0. The van der Waals surface area contributed by atoms with Crippen molar-refractivity contribution in [1.82, 2.24) is 0 Å². The monoisotopic (exact) mass is 151 g/mol. The Bertz CT molecular complexity index is 286. The molecule has 1 aromatic carbocycles. The highest BCUT2D eigenvalue weighted by atomic mass is 35.5. The second-order valence-corrected chi connectivity index (χ2v) is 2.40. The minimum absolute atomic E-state index is 0.632. The minimum atomic E-state index is 0.632. The van der Waals surface area contributed by atoms with Crippen molar-refractivity contribution in [2.75, 3.05) is 0 Å². The molecule has 0 spiro atoms. The van der Waals surface area contributed by atoms with Crippen LogP contribution in [-0.2, 0) is 0 Å². The molecule has 0 aliphatic carbocycles. The molecule has 0 saturated heterocycles. The Labute approximate surface area is 65.1 Å². The van der Waals surface area contributed by atoms with Gasteiger partial charge in [0.1, 0.15) is 0 Å². The van der Waals surface area contributed by atoms with Gasteiger partial charge in [0.25, 0.3) is 0 Å². The van der Waals surface area contributed by atoms with Crippen LogP contribution >= 0.6 is 11.6 Å². The van der Waals surface area contributed by atoms with E-state index in [0.717, 1.165) is 5.56 Å². The first-order chi connectivity index (χ1) is 4.75. The molecule has 0 saturated carbocycles. The third kappa shape index (κ3) is 1.12. The fraction of sp³-hybridized carbons (Fsp3) is 0.125. The van der Waals surface area contributed by atoms with Crippen LogP contribution < -0.4 is 0 Å². The lowest BCUT2D eigenvalue weighted by molar-refractivity contribution is 1.49. The quantitative estimate of drug-likeness (QED) is 0.502. The Hall–Kier alpha value is -1.00. The predicted octanol–water partition coefficient (Wildman–Crippen LogP) is 3.20. The Balaban J connectivity index is 3.31. The maximum atomic E-state index is 6.75. The van der Waals surface area contributed by atoms with Gasteiger partial charge in [-0.15, -0.1) is 0 Å². The first-order valence-corrected chi connectivity index (χ1v) is 3.26. The van der Waals surface area contributed by atoms with E-state index in [9.17, 15) is 0 Å². The number of hydrogen-bond donors (Lipinski definition) is 0. The van der Waals surface area contributed by atoms with Crippen LogP contribution in [0.3, 0.4) is 0 Å². The van der Waals surface area contributed by atoms with Gasteiger partial charge in [0.2, 0.25) is 0 Å². The van der Waals surface area contributed by atoms with E-state index >= 15 is 0 Å². The smallest absolute Gasteiger partial charge is 0.191 e. The van der Waals surface area contributed by atoms with Gasteiger partial charge in [-0.3, -0.25) is 0 Å². The Kier molecular flexibility index (Phi) is 1.94. The Morgan fingerprint density at radius 3 is 2.70 bits per heavy atom. The fourth-order valence-electron chi connectivity index (χ4n) is 0.717. The summed E-state index contributed by atoms with van der Waals surface area (Å²) in [7, 11) is 0. The van der Waals surface area contributed by atoms with Crippen molar-refractivity contribution < 1.29 is 0 Å². The van der Waals surface area contributed by atoms with Gasteiger partial charge in [-0.05, 0) is 18.6 Å². The predicted molar refractivity (Wildman–Crippen MR) is 42.5 cm³/mol. The molecule has 0 aliphatic rings. The molecule has 0 unspecified atom stereocenters. The third-order valence-corrected chi connectivity index (χ3v) is 1.77.